The zero-order chi connectivity index (χ0) is 17.1. The lowest BCUT2D eigenvalue weighted by Gasteiger charge is -2.15. The van der Waals surface area contributed by atoms with E-state index >= 15 is 0 Å². The number of aryl methyl sites for hydroxylation is 1. The summed E-state index contributed by atoms with van der Waals surface area (Å²) in [5, 5.41) is 14.2. The van der Waals surface area contributed by atoms with Crippen molar-refractivity contribution >= 4 is 28.3 Å². The lowest BCUT2D eigenvalue weighted by molar-refractivity contribution is -0.137. The minimum Gasteiger partial charge on any atom is -0.395 e. The quantitative estimate of drug-likeness (QED) is 0.801. The van der Waals surface area contributed by atoms with E-state index in [9.17, 15) is 9.59 Å². The SMILES string of the molecule is CCCc1ccc(NC2=CC(=O)N(CCO)C2=O)c2ccccc12. The van der Waals surface area contributed by atoms with Gasteiger partial charge in [0.05, 0.1) is 13.2 Å². The lowest BCUT2D eigenvalue weighted by atomic mass is 9.99. The number of hydrogen-bond acceptors (Lipinski definition) is 4. The molecule has 5 nitrogen and oxygen atoms in total. The molecule has 0 saturated heterocycles. The Balaban J connectivity index is 1.94. The molecule has 124 valence electrons. The van der Waals surface area contributed by atoms with Gasteiger partial charge in [0.2, 0.25) is 0 Å². The first-order valence-electron chi connectivity index (χ1n) is 8.11. The lowest BCUT2D eigenvalue weighted by Crippen LogP contribution is -2.34. The molecule has 1 aliphatic rings. The molecule has 0 fully saturated rings. The Hall–Kier alpha value is -2.66. The van der Waals surface area contributed by atoms with Gasteiger partial charge in [0.15, 0.2) is 0 Å². The highest BCUT2D eigenvalue weighted by Gasteiger charge is 2.30. The summed E-state index contributed by atoms with van der Waals surface area (Å²) >= 11 is 0. The number of aliphatic hydroxyl groups excluding tert-OH is 1. The minimum atomic E-state index is -0.407. The van der Waals surface area contributed by atoms with Crippen molar-refractivity contribution in [2.45, 2.75) is 19.8 Å². The Labute approximate surface area is 140 Å². The summed E-state index contributed by atoms with van der Waals surface area (Å²) in [7, 11) is 0. The van der Waals surface area contributed by atoms with Crippen LogP contribution in [0.25, 0.3) is 10.8 Å². The van der Waals surface area contributed by atoms with Gasteiger partial charge in [-0.15, -0.1) is 0 Å². The van der Waals surface area contributed by atoms with E-state index in [1.54, 1.807) is 0 Å². The average Bonchev–Trinajstić information content (AvgIpc) is 2.85. The fourth-order valence-corrected chi connectivity index (χ4v) is 3.01. The van der Waals surface area contributed by atoms with Gasteiger partial charge in [0.25, 0.3) is 11.8 Å². The first kappa shape index (κ1) is 16.2. The number of amides is 2. The van der Waals surface area contributed by atoms with Crippen LogP contribution in [0.1, 0.15) is 18.9 Å². The van der Waals surface area contributed by atoms with Gasteiger partial charge in [0.1, 0.15) is 5.70 Å². The number of hydrogen-bond donors (Lipinski definition) is 2. The third kappa shape index (κ3) is 2.90. The Bertz CT molecular complexity index is 826. The monoisotopic (exact) mass is 324 g/mol. The van der Waals surface area contributed by atoms with Crippen LogP contribution in [0, 0.1) is 0 Å². The number of rotatable bonds is 6. The van der Waals surface area contributed by atoms with Crippen LogP contribution in [0.2, 0.25) is 0 Å². The second-order valence-electron chi connectivity index (χ2n) is 5.77. The zero-order valence-electron chi connectivity index (χ0n) is 13.6. The second-order valence-corrected chi connectivity index (χ2v) is 5.77. The number of imide groups is 1. The standard InChI is InChI=1S/C19H20N2O3/c1-2-5-13-8-9-16(15-7-4-3-6-14(13)15)20-17-12-18(23)21(10-11-22)19(17)24/h3-4,6-9,12,20,22H,2,5,10-11H2,1H3. The van der Waals surface area contributed by atoms with Crippen molar-refractivity contribution in [3.63, 3.8) is 0 Å². The van der Waals surface area contributed by atoms with Gasteiger partial charge in [-0.05, 0) is 23.4 Å². The first-order chi connectivity index (χ1) is 11.7. The number of benzene rings is 2. The van der Waals surface area contributed by atoms with Crippen LogP contribution in [0.15, 0.2) is 48.2 Å². The number of aliphatic hydroxyl groups is 1. The molecule has 0 spiro atoms. The van der Waals surface area contributed by atoms with Crippen LogP contribution in [0.5, 0.6) is 0 Å². The van der Waals surface area contributed by atoms with E-state index in [1.165, 1.54) is 11.6 Å². The molecule has 0 saturated carbocycles. The predicted molar refractivity (Wildman–Crippen MR) is 93.5 cm³/mol. The van der Waals surface area contributed by atoms with Gasteiger partial charge < -0.3 is 10.4 Å². The van der Waals surface area contributed by atoms with Gasteiger partial charge in [-0.25, -0.2) is 0 Å². The van der Waals surface area contributed by atoms with Gasteiger partial charge in [0, 0.05) is 17.1 Å². The fourth-order valence-electron chi connectivity index (χ4n) is 3.01. The van der Waals surface area contributed by atoms with Gasteiger partial charge in [-0.2, -0.15) is 0 Å². The number of carbonyl (C=O) groups is 2. The summed E-state index contributed by atoms with van der Waals surface area (Å²) < 4.78 is 0. The maximum absolute atomic E-state index is 12.3. The molecule has 0 unspecified atom stereocenters. The highest BCUT2D eigenvalue weighted by Crippen LogP contribution is 2.29. The third-order valence-electron chi connectivity index (χ3n) is 4.14. The Morgan fingerprint density at radius 2 is 1.83 bits per heavy atom. The van der Waals surface area contributed by atoms with E-state index in [2.05, 4.69) is 24.4 Å². The molecule has 0 aliphatic carbocycles. The molecule has 5 heteroatoms. The predicted octanol–water partition coefficient (Wildman–Crippen LogP) is 2.45. The van der Waals surface area contributed by atoms with Crippen LogP contribution in [-0.4, -0.2) is 35.0 Å². The van der Waals surface area contributed by atoms with Crippen molar-refractivity contribution in [2.75, 3.05) is 18.5 Å². The molecule has 0 atom stereocenters. The largest absolute Gasteiger partial charge is 0.395 e. The van der Waals surface area contributed by atoms with E-state index in [4.69, 9.17) is 5.11 Å². The van der Waals surface area contributed by atoms with Crippen LogP contribution < -0.4 is 5.32 Å². The summed E-state index contributed by atoms with van der Waals surface area (Å²) in [4.78, 5) is 25.2. The van der Waals surface area contributed by atoms with Crippen molar-refractivity contribution in [3.05, 3.63) is 53.7 Å². The van der Waals surface area contributed by atoms with E-state index in [0.29, 0.717) is 0 Å². The molecule has 2 aromatic carbocycles. The van der Waals surface area contributed by atoms with Crippen molar-refractivity contribution in [1.82, 2.24) is 4.90 Å². The summed E-state index contributed by atoms with van der Waals surface area (Å²) in [5.41, 5.74) is 2.30. The van der Waals surface area contributed by atoms with E-state index in [0.717, 1.165) is 34.2 Å². The number of β-amino-alcohol motifs (C(OH)–C–C–N with tert-alkyl or cyclic N) is 1. The molecular weight excluding hydrogens is 304 g/mol. The van der Waals surface area contributed by atoms with Gasteiger partial charge >= 0.3 is 0 Å². The van der Waals surface area contributed by atoms with Gasteiger partial charge in [-0.1, -0.05) is 43.7 Å². The molecule has 24 heavy (non-hydrogen) atoms. The molecule has 0 bridgehead atoms. The Morgan fingerprint density at radius 3 is 2.54 bits per heavy atom. The van der Waals surface area contributed by atoms with Crippen molar-refractivity contribution < 1.29 is 14.7 Å². The van der Waals surface area contributed by atoms with Crippen molar-refractivity contribution in [1.29, 1.82) is 0 Å². The van der Waals surface area contributed by atoms with Crippen molar-refractivity contribution in [2.24, 2.45) is 0 Å². The minimum absolute atomic E-state index is 0.00946. The van der Waals surface area contributed by atoms with Crippen LogP contribution in [0.4, 0.5) is 5.69 Å². The van der Waals surface area contributed by atoms with Crippen LogP contribution >= 0.6 is 0 Å². The maximum atomic E-state index is 12.3. The van der Waals surface area contributed by atoms with E-state index in [1.807, 2.05) is 24.3 Å². The molecular formula is C19H20N2O3. The fraction of sp³-hybridized carbons (Fsp3) is 0.263. The number of anilines is 1. The summed E-state index contributed by atoms with van der Waals surface area (Å²) in [6.07, 6.45) is 3.34. The van der Waals surface area contributed by atoms with E-state index < -0.39 is 11.8 Å². The Morgan fingerprint density at radius 1 is 1.08 bits per heavy atom. The zero-order valence-corrected chi connectivity index (χ0v) is 13.6. The highest BCUT2D eigenvalue weighted by molar-refractivity contribution is 6.18. The Kier molecular flexibility index (Phi) is 4.62. The molecule has 1 aliphatic heterocycles. The van der Waals surface area contributed by atoms with Crippen LogP contribution in [0.3, 0.4) is 0 Å². The molecule has 0 radical (unpaired) electrons. The molecule has 3 rings (SSSR count). The van der Waals surface area contributed by atoms with Crippen LogP contribution in [-0.2, 0) is 16.0 Å². The summed E-state index contributed by atoms with van der Waals surface area (Å²) in [6, 6.07) is 12.0. The van der Waals surface area contributed by atoms with Gasteiger partial charge in [-0.3, -0.25) is 14.5 Å². The molecule has 2 aromatic rings. The smallest absolute Gasteiger partial charge is 0.277 e. The molecule has 0 aromatic heterocycles. The molecule has 2 N–H and O–H groups in total. The maximum Gasteiger partial charge on any atom is 0.277 e. The summed E-state index contributed by atoms with van der Waals surface area (Å²) in [5.74, 6) is -0.806. The number of carbonyl (C=O) groups excluding carboxylic acids is 2. The third-order valence-corrected chi connectivity index (χ3v) is 4.14. The van der Waals surface area contributed by atoms with E-state index in [-0.39, 0.29) is 18.8 Å². The molecule has 1 heterocycles. The number of nitrogens with zero attached hydrogens (tertiary/aromatic N) is 1. The number of fused-ring (bicyclic) bond motifs is 1. The normalized spacial score (nSPS) is 14.4. The highest BCUT2D eigenvalue weighted by atomic mass is 16.3. The number of nitrogens with one attached hydrogen (secondary N) is 1. The van der Waals surface area contributed by atoms with Crippen molar-refractivity contribution in [3.8, 4) is 0 Å². The molecule has 2 amide bonds. The topological polar surface area (TPSA) is 69.6 Å². The second kappa shape index (κ2) is 6.84. The average molecular weight is 324 g/mol. The summed E-state index contributed by atoms with van der Waals surface area (Å²) in [6.45, 7) is 1.91. The first-order valence-corrected chi connectivity index (χ1v) is 8.11.